The number of rotatable bonds is 5. The van der Waals surface area contributed by atoms with Crippen molar-refractivity contribution in [3.63, 3.8) is 0 Å². The summed E-state index contributed by atoms with van der Waals surface area (Å²) in [6.45, 7) is 5.17. The second kappa shape index (κ2) is 10.1. The highest BCUT2D eigenvalue weighted by molar-refractivity contribution is 7.80. The lowest BCUT2D eigenvalue weighted by molar-refractivity contribution is 0.151. The van der Waals surface area contributed by atoms with Crippen molar-refractivity contribution in [2.75, 3.05) is 30.3 Å². The molecule has 2 fully saturated rings. The summed E-state index contributed by atoms with van der Waals surface area (Å²) in [4.78, 5) is 6.25. The van der Waals surface area contributed by atoms with Crippen LogP contribution in [0.1, 0.15) is 56.9 Å². The van der Waals surface area contributed by atoms with E-state index in [-0.39, 0.29) is 0 Å². The van der Waals surface area contributed by atoms with Gasteiger partial charge in [-0.15, -0.1) is 0 Å². The molecule has 2 unspecified atom stereocenters. The minimum Gasteiger partial charge on any atom is -0.494 e. The molecule has 2 aliphatic heterocycles. The van der Waals surface area contributed by atoms with E-state index in [1.165, 1.54) is 68.1 Å². The van der Waals surface area contributed by atoms with Gasteiger partial charge in [0.1, 0.15) is 5.75 Å². The molecular weight excluding hydrogens is 428 g/mol. The molecule has 174 valence electrons. The second-order valence-corrected chi connectivity index (χ2v) is 9.70. The number of nitrogens with one attached hydrogen (secondary N) is 3. The van der Waals surface area contributed by atoms with Crippen LogP contribution in [-0.2, 0) is 0 Å². The normalized spacial score (nSPS) is 21.2. The molecule has 0 spiro atoms. The summed E-state index contributed by atoms with van der Waals surface area (Å²) in [6.07, 6.45) is 10.2. The van der Waals surface area contributed by atoms with E-state index in [4.69, 9.17) is 17.0 Å². The first kappa shape index (κ1) is 22.2. The Labute approximate surface area is 201 Å². The number of aromatic nitrogens is 1. The summed E-state index contributed by atoms with van der Waals surface area (Å²) in [5.41, 5.74) is 4.61. The summed E-state index contributed by atoms with van der Waals surface area (Å²) < 4.78 is 5.51. The van der Waals surface area contributed by atoms with E-state index in [1.54, 1.807) is 0 Å². The Morgan fingerprint density at radius 1 is 1.00 bits per heavy atom. The molecular formula is C27H34N4OS. The molecule has 2 aliphatic rings. The summed E-state index contributed by atoms with van der Waals surface area (Å²) >= 11 is 5.57. The predicted octanol–water partition coefficient (Wildman–Crippen LogP) is 6.50. The monoisotopic (exact) mass is 462 g/mol. The molecule has 1 aromatic heterocycles. The van der Waals surface area contributed by atoms with E-state index in [0.717, 1.165) is 23.2 Å². The third kappa shape index (κ3) is 5.17. The molecule has 5 nitrogen and oxygen atoms in total. The third-order valence-electron chi connectivity index (χ3n) is 7.20. The summed E-state index contributed by atoms with van der Waals surface area (Å²) in [5, 5.41) is 8.53. The fourth-order valence-electron chi connectivity index (χ4n) is 5.50. The van der Waals surface area contributed by atoms with Gasteiger partial charge in [0.05, 0.1) is 6.61 Å². The van der Waals surface area contributed by atoms with Gasteiger partial charge in [0.25, 0.3) is 0 Å². The maximum absolute atomic E-state index is 5.57. The zero-order chi connectivity index (χ0) is 22.6. The van der Waals surface area contributed by atoms with Crippen LogP contribution in [0.25, 0.3) is 10.9 Å². The summed E-state index contributed by atoms with van der Waals surface area (Å²) in [7, 11) is 0. The van der Waals surface area contributed by atoms with Crippen LogP contribution in [0.5, 0.6) is 5.75 Å². The Balaban J connectivity index is 1.27. The maximum Gasteiger partial charge on any atom is 0.175 e. The highest BCUT2D eigenvalue weighted by atomic mass is 32.1. The van der Waals surface area contributed by atoms with Crippen molar-refractivity contribution in [1.82, 2.24) is 9.88 Å². The van der Waals surface area contributed by atoms with Crippen molar-refractivity contribution in [2.45, 2.75) is 57.4 Å². The van der Waals surface area contributed by atoms with Gasteiger partial charge in [-0.2, -0.15) is 0 Å². The van der Waals surface area contributed by atoms with Gasteiger partial charge in [-0.25, -0.2) is 0 Å². The number of thiocarbonyl (C=S) groups is 1. The molecule has 0 aliphatic carbocycles. The van der Waals surface area contributed by atoms with Crippen molar-refractivity contribution in [2.24, 2.45) is 0 Å². The zero-order valence-corrected chi connectivity index (χ0v) is 20.2. The van der Waals surface area contributed by atoms with Gasteiger partial charge in [0.15, 0.2) is 5.11 Å². The molecule has 5 rings (SSSR count). The zero-order valence-electron chi connectivity index (χ0n) is 19.4. The first-order valence-electron chi connectivity index (χ1n) is 12.4. The fourth-order valence-corrected chi connectivity index (χ4v) is 5.74. The van der Waals surface area contributed by atoms with Crippen LogP contribution < -0.4 is 15.4 Å². The SMILES string of the molecule is CCOc1ccc(NC(=S)Nc2ccc3[nH]cc(C4CCC5CCCCN5CC4)c3c2)cc1. The van der Waals surface area contributed by atoms with Gasteiger partial charge in [-0.05, 0) is 118 Å². The van der Waals surface area contributed by atoms with Crippen LogP contribution in [0.3, 0.4) is 0 Å². The van der Waals surface area contributed by atoms with Gasteiger partial charge in [0.2, 0.25) is 0 Å². The van der Waals surface area contributed by atoms with Crippen molar-refractivity contribution in [3.05, 3.63) is 54.2 Å². The lowest BCUT2D eigenvalue weighted by Gasteiger charge is -2.33. The smallest absolute Gasteiger partial charge is 0.175 e. The van der Waals surface area contributed by atoms with E-state index in [9.17, 15) is 0 Å². The number of fused-ring (bicyclic) bond motifs is 2. The van der Waals surface area contributed by atoms with Gasteiger partial charge < -0.3 is 25.3 Å². The Kier molecular flexibility index (Phi) is 6.83. The number of H-pyrrole nitrogens is 1. The van der Waals surface area contributed by atoms with Crippen LogP contribution in [0.2, 0.25) is 0 Å². The fraction of sp³-hybridized carbons (Fsp3) is 0.444. The van der Waals surface area contributed by atoms with E-state index in [1.807, 2.05) is 31.2 Å². The lowest BCUT2D eigenvalue weighted by atomic mass is 9.90. The molecule has 0 bridgehead atoms. The van der Waals surface area contributed by atoms with Crippen LogP contribution >= 0.6 is 12.2 Å². The van der Waals surface area contributed by atoms with Crippen molar-refractivity contribution in [3.8, 4) is 5.75 Å². The molecule has 3 aromatic rings. The van der Waals surface area contributed by atoms with Crippen LogP contribution in [0.15, 0.2) is 48.7 Å². The summed E-state index contributed by atoms with van der Waals surface area (Å²) in [5.74, 6) is 1.48. The average molecular weight is 463 g/mol. The second-order valence-electron chi connectivity index (χ2n) is 9.29. The first-order chi connectivity index (χ1) is 16.2. The Hall–Kier alpha value is -2.57. The number of aromatic amines is 1. The average Bonchev–Trinajstić information content (AvgIpc) is 3.12. The first-order valence-corrected chi connectivity index (χ1v) is 12.8. The molecule has 6 heteroatoms. The Morgan fingerprint density at radius 3 is 2.67 bits per heavy atom. The summed E-state index contributed by atoms with van der Waals surface area (Å²) in [6, 6.07) is 15.1. The quantitative estimate of drug-likeness (QED) is 0.378. The molecule has 33 heavy (non-hydrogen) atoms. The number of piperidine rings is 1. The largest absolute Gasteiger partial charge is 0.494 e. The Bertz CT molecular complexity index is 1080. The van der Waals surface area contributed by atoms with Crippen LogP contribution in [0.4, 0.5) is 11.4 Å². The highest BCUT2D eigenvalue weighted by Gasteiger charge is 2.28. The predicted molar refractivity (Wildman–Crippen MR) is 142 cm³/mol. The number of anilines is 2. The molecule has 2 aromatic carbocycles. The van der Waals surface area contributed by atoms with E-state index >= 15 is 0 Å². The number of benzene rings is 2. The molecule has 0 radical (unpaired) electrons. The van der Waals surface area contributed by atoms with Gasteiger partial charge in [-0.1, -0.05) is 6.42 Å². The van der Waals surface area contributed by atoms with Gasteiger partial charge in [-0.3, -0.25) is 0 Å². The Morgan fingerprint density at radius 2 is 1.82 bits per heavy atom. The van der Waals surface area contributed by atoms with Crippen molar-refractivity contribution >= 4 is 39.6 Å². The molecule has 0 saturated carbocycles. The van der Waals surface area contributed by atoms with Crippen LogP contribution in [0, 0.1) is 0 Å². The van der Waals surface area contributed by atoms with Crippen molar-refractivity contribution in [1.29, 1.82) is 0 Å². The molecule has 2 saturated heterocycles. The number of hydrogen-bond donors (Lipinski definition) is 3. The van der Waals surface area contributed by atoms with E-state index < -0.39 is 0 Å². The van der Waals surface area contributed by atoms with Crippen LogP contribution in [-0.4, -0.2) is 40.7 Å². The van der Waals surface area contributed by atoms with Gasteiger partial charge in [0, 0.05) is 34.5 Å². The molecule has 3 heterocycles. The topological polar surface area (TPSA) is 52.3 Å². The standard InChI is InChI=1S/C27H34N4OS/c1-2-32-23-11-7-20(8-12-23)29-27(33)30-21-9-13-26-24(17-21)25(18-28-26)19-6-10-22-5-3-4-15-31(22)16-14-19/h7-9,11-13,17-19,22,28H,2-6,10,14-16H2,1H3,(H2,29,30,33). The lowest BCUT2D eigenvalue weighted by Crippen LogP contribution is -2.38. The third-order valence-corrected chi connectivity index (χ3v) is 7.40. The number of ether oxygens (including phenoxy) is 1. The maximum atomic E-state index is 5.57. The number of hydrogen-bond acceptors (Lipinski definition) is 3. The molecule has 0 amide bonds. The molecule has 3 N–H and O–H groups in total. The molecule has 2 atom stereocenters. The minimum atomic E-state index is 0.585. The van der Waals surface area contributed by atoms with E-state index in [0.29, 0.717) is 17.6 Å². The number of nitrogens with zero attached hydrogens (tertiary/aromatic N) is 1. The van der Waals surface area contributed by atoms with Gasteiger partial charge >= 0.3 is 0 Å². The van der Waals surface area contributed by atoms with E-state index in [2.05, 4.69) is 44.9 Å². The highest BCUT2D eigenvalue weighted by Crippen LogP contribution is 2.37. The van der Waals surface area contributed by atoms with Crippen molar-refractivity contribution < 1.29 is 4.74 Å². The minimum absolute atomic E-state index is 0.585.